The van der Waals surface area contributed by atoms with Crippen molar-refractivity contribution >= 4 is 62.5 Å². The van der Waals surface area contributed by atoms with Crippen LogP contribution < -0.4 is 4.80 Å². The Morgan fingerprint density at radius 1 is 1.28 bits per heavy atom. The highest BCUT2D eigenvalue weighted by molar-refractivity contribution is 7.16. The van der Waals surface area contributed by atoms with Crippen LogP contribution in [0.15, 0.2) is 17.1 Å². The van der Waals surface area contributed by atoms with E-state index in [2.05, 4.69) is 10.9 Å². The van der Waals surface area contributed by atoms with Crippen LogP contribution in [0.1, 0.15) is 12.8 Å². The van der Waals surface area contributed by atoms with E-state index >= 15 is 0 Å². The van der Waals surface area contributed by atoms with Crippen LogP contribution in [0.3, 0.4) is 0 Å². The van der Waals surface area contributed by atoms with Gasteiger partial charge in [-0.1, -0.05) is 40.5 Å². The number of carbonyl (C=O) groups excluding carboxylic acids is 3. The highest BCUT2D eigenvalue weighted by Crippen LogP contribution is 2.32. The van der Waals surface area contributed by atoms with Gasteiger partial charge >= 0.3 is 0 Å². The van der Waals surface area contributed by atoms with Gasteiger partial charge in [0.15, 0.2) is 4.80 Å². The number of amides is 3. The summed E-state index contributed by atoms with van der Waals surface area (Å²) >= 11 is 13.5. The fourth-order valence-electron chi connectivity index (χ4n) is 2.50. The molecule has 3 amide bonds. The monoisotopic (exact) mass is 395 g/mol. The van der Waals surface area contributed by atoms with E-state index in [0.29, 0.717) is 20.4 Å². The van der Waals surface area contributed by atoms with Crippen molar-refractivity contribution in [3.8, 4) is 12.3 Å². The number of nitrogens with zero attached hydrogens (tertiary/aromatic N) is 3. The Balaban J connectivity index is 2.04. The van der Waals surface area contributed by atoms with Crippen LogP contribution in [-0.2, 0) is 20.9 Å². The lowest BCUT2D eigenvalue weighted by Gasteiger charge is -2.10. The summed E-state index contributed by atoms with van der Waals surface area (Å²) in [6.07, 6.45) is 5.65. The number of carbonyl (C=O) groups is 3. The van der Waals surface area contributed by atoms with Crippen molar-refractivity contribution in [3.05, 3.63) is 27.0 Å². The second-order valence-electron chi connectivity index (χ2n) is 5.26. The van der Waals surface area contributed by atoms with Crippen LogP contribution >= 0.6 is 34.5 Å². The summed E-state index contributed by atoms with van der Waals surface area (Å²) in [6.45, 7) is -0.232. The van der Waals surface area contributed by atoms with Gasteiger partial charge < -0.3 is 4.57 Å². The molecule has 0 unspecified atom stereocenters. The number of fused-ring (bicyclic) bond motifs is 1. The van der Waals surface area contributed by atoms with Crippen molar-refractivity contribution in [2.24, 2.45) is 4.99 Å². The molecular weight excluding hydrogens is 385 g/mol. The number of thiazole rings is 1. The molecule has 0 radical (unpaired) electrons. The fourth-order valence-corrected chi connectivity index (χ4v) is 4.03. The zero-order valence-electron chi connectivity index (χ0n) is 12.8. The van der Waals surface area contributed by atoms with Crippen molar-refractivity contribution < 1.29 is 14.4 Å². The highest BCUT2D eigenvalue weighted by Gasteiger charge is 2.30. The van der Waals surface area contributed by atoms with Crippen molar-refractivity contribution in [2.45, 2.75) is 19.4 Å². The quantitative estimate of drug-likeness (QED) is 0.590. The van der Waals surface area contributed by atoms with Crippen LogP contribution in [0.25, 0.3) is 10.2 Å². The number of terminal acetylenes is 1. The molecule has 9 heteroatoms. The molecule has 1 aromatic carbocycles. The maximum absolute atomic E-state index is 12.2. The number of likely N-dealkylation sites (tertiary alicyclic amines) is 1. The molecule has 1 aliphatic heterocycles. The summed E-state index contributed by atoms with van der Waals surface area (Å²) in [6, 6.07) is 3.41. The Labute approximate surface area is 156 Å². The van der Waals surface area contributed by atoms with Crippen LogP contribution in [0.2, 0.25) is 10.0 Å². The fraction of sp³-hybridized carbons (Fsp3) is 0.250. The molecule has 0 spiro atoms. The van der Waals surface area contributed by atoms with Gasteiger partial charge in [-0.3, -0.25) is 19.3 Å². The summed E-state index contributed by atoms with van der Waals surface area (Å²) in [4.78, 5) is 40.7. The molecule has 1 fully saturated rings. The van der Waals surface area contributed by atoms with E-state index in [4.69, 9.17) is 29.6 Å². The number of benzene rings is 1. The largest absolute Gasteiger partial charge is 0.303 e. The summed E-state index contributed by atoms with van der Waals surface area (Å²) in [7, 11) is 0. The Hall–Kier alpha value is -2.14. The number of imide groups is 1. The van der Waals surface area contributed by atoms with Gasteiger partial charge in [-0.15, -0.1) is 6.42 Å². The molecule has 0 atom stereocenters. The smallest absolute Gasteiger partial charge is 0.268 e. The first-order valence-electron chi connectivity index (χ1n) is 7.24. The lowest BCUT2D eigenvalue weighted by Crippen LogP contribution is -2.34. The molecule has 0 aliphatic carbocycles. The summed E-state index contributed by atoms with van der Waals surface area (Å²) in [5.74, 6) is 1.15. The zero-order chi connectivity index (χ0) is 18.1. The van der Waals surface area contributed by atoms with Crippen molar-refractivity contribution in [2.75, 3.05) is 6.54 Å². The number of rotatable bonds is 3. The number of hydrogen-bond acceptors (Lipinski definition) is 4. The normalized spacial score (nSPS) is 15.2. The van der Waals surface area contributed by atoms with Gasteiger partial charge in [0.1, 0.15) is 6.54 Å². The minimum absolute atomic E-state index is 0.125. The van der Waals surface area contributed by atoms with E-state index in [1.807, 2.05) is 0 Å². The van der Waals surface area contributed by atoms with E-state index in [0.717, 1.165) is 9.60 Å². The SMILES string of the molecule is C#CCn1c(=NC(=O)CN2C(=O)CCC2=O)sc2ccc(Cl)c(Cl)c21. The molecule has 0 N–H and O–H groups in total. The van der Waals surface area contributed by atoms with E-state index < -0.39 is 5.91 Å². The molecule has 0 bridgehead atoms. The first-order chi connectivity index (χ1) is 11.9. The predicted molar refractivity (Wildman–Crippen MR) is 95.2 cm³/mol. The van der Waals surface area contributed by atoms with Gasteiger partial charge in [0.05, 0.1) is 26.8 Å². The van der Waals surface area contributed by atoms with Crippen LogP contribution in [-0.4, -0.2) is 33.7 Å². The Kier molecular flexibility index (Phi) is 4.95. The summed E-state index contributed by atoms with van der Waals surface area (Å²) < 4.78 is 2.38. The van der Waals surface area contributed by atoms with Crippen molar-refractivity contribution in [3.63, 3.8) is 0 Å². The maximum atomic E-state index is 12.2. The molecule has 3 rings (SSSR count). The average Bonchev–Trinajstić information content (AvgIpc) is 3.07. The zero-order valence-corrected chi connectivity index (χ0v) is 15.1. The molecule has 25 heavy (non-hydrogen) atoms. The number of hydrogen-bond donors (Lipinski definition) is 0. The topological polar surface area (TPSA) is 71.7 Å². The molecule has 6 nitrogen and oxygen atoms in total. The molecular formula is C16H11Cl2N3O3S. The summed E-state index contributed by atoms with van der Waals surface area (Å²) in [5.41, 5.74) is 0.594. The Bertz CT molecular complexity index is 1000. The van der Waals surface area contributed by atoms with Crippen LogP contribution in [0, 0.1) is 12.3 Å². The first kappa shape index (κ1) is 17.7. The second-order valence-corrected chi connectivity index (χ2v) is 7.06. The number of aromatic nitrogens is 1. The Morgan fingerprint density at radius 3 is 2.60 bits per heavy atom. The van der Waals surface area contributed by atoms with Crippen molar-refractivity contribution in [1.29, 1.82) is 0 Å². The van der Waals surface area contributed by atoms with Gasteiger partial charge in [-0.2, -0.15) is 4.99 Å². The minimum Gasteiger partial charge on any atom is -0.303 e. The molecule has 1 aromatic heterocycles. The van der Waals surface area contributed by atoms with E-state index in [1.54, 1.807) is 16.7 Å². The van der Waals surface area contributed by atoms with Gasteiger partial charge in [0.25, 0.3) is 5.91 Å². The average molecular weight is 396 g/mol. The lowest BCUT2D eigenvalue weighted by molar-refractivity contribution is -0.141. The maximum Gasteiger partial charge on any atom is 0.268 e. The standard InChI is InChI=1S/C16H11Cl2N3O3S/c1-2-7-20-15-10(4-3-9(17)14(15)18)25-16(20)19-11(22)8-21-12(23)5-6-13(21)24/h1,3-4H,5-8H2. The third kappa shape index (κ3) is 3.33. The van der Waals surface area contributed by atoms with Gasteiger partial charge in [0, 0.05) is 12.8 Å². The molecule has 0 saturated carbocycles. The van der Waals surface area contributed by atoms with Gasteiger partial charge in [-0.25, -0.2) is 0 Å². The second kappa shape index (κ2) is 7.00. The predicted octanol–water partition coefficient (Wildman–Crippen LogP) is 2.22. The minimum atomic E-state index is -0.608. The molecule has 2 heterocycles. The molecule has 1 aliphatic rings. The molecule has 1 saturated heterocycles. The number of halogens is 2. The third-order valence-electron chi connectivity index (χ3n) is 3.65. The molecule has 2 aromatic rings. The van der Waals surface area contributed by atoms with Crippen molar-refractivity contribution in [1.82, 2.24) is 9.47 Å². The highest BCUT2D eigenvalue weighted by atomic mass is 35.5. The summed E-state index contributed by atoms with van der Waals surface area (Å²) in [5, 5.41) is 0.688. The first-order valence-corrected chi connectivity index (χ1v) is 8.81. The lowest BCUT2D eigenvalue weighted by atomic mass is 10.3. The van der Waals surface area contributed by atoms with Gasteiger partial charge in [-0.05, 0) is 12.1 Å². The van der Waals surface area contributed by atoms with E-state index in [9.17, 15) is 14.4 Å². The van der Waals surface area contributed by atoms with Crippen LogP contribution in [0.5, 0.6) is 0 Å². The van der Waals surface area contributed by atoms with Gasteiger partial charge in [0.2, 0.25) is 11.8 Å². The molecule has 128 valence electrons. The Morgan fingerprint density at radius 2 is 1.96 bits per heavy atom. The van der Waals surface area contributed by atoms with E-state index in [-0.39, 0.29) is 37.7 Å². The third-order valence-corrected chi connectivity index (χ3v) is 5.49. The van der Waals surface area contributed by atoms with E-state index in [1.165, 1.54) is 11.3 Å². The van der Waals surface area contributed by atoms with Crippen LogP contribution in [0.4, 0.5) is 0 Å².